The van der Waals surface area contributed by atoms with Gasteiger partial charge in [-0.3, -0.25) is 4.90 Å². The van der Waals surface area contributed by atoms with Crippen LogP contribution in [0, 0.1) is 6.92 Å². The fraction of sp³-hybridized carbons (Fsp3) is 0.370. The minimum atomic E-state index is -2.26. The molecule has 3 atom stereocenters. The summed E-state index contributed by atoms with van der Waals surface area (Å²) in [6.07, 6.45) is 2.04. The van der Waals surface area contributed by atoms with Gasteiger partial charge in [-0.25, -0.2) is 14.6 Å². The van der Waals surface area contributed by atoms with Gasteiger partial charge in [-0.15, -0.1) is 11.3 Å². The van der Waals surface area contributed by atoms with Gasteiger partial charge in [-0.05, 0) is 63.1 Å². The first-order valence-corrected chi connectivity index (χ1v) is 13.1. The second kappa shape index (κ2) is 9.13. The maximum absolute atomic E-state index is 12.0. The van der Waals surface area contributed by atoms with E-state index in [-0.39, 0.29) is 12.6 Å². The Morgan fingerprint density at radius 2 is 2.00 bits per heavy atom. The Bertz CT molecular complexity index is 1480. The van der Waals surface area contributed by atoms with Gasteiger partial charge in [-0.1, -0.05) is 18.2 Å². The summed E-state index contributed by atoms with van der Waals surface area (Å²) in [5, 5.41) is 13.1. The number of H-pyrrole nitrogens is 1. The van der Waals surface area contributed by atoms with Gasteiger partial charge in [0.2, 0.25) is 0 Å². The van der Waals surface area contributed by atoms with Gasteiger partial charge in [0, 0.05) is 35.6 Å². The van der Waals surface area contributed by atoms with Crippen molar-refractivity contribution in [2.45, 2.75) is 50.7 Å². The second-order valence-corrected chi connectivity index (χ2v) is 10.8. The number of para-hydroxylation sites is 1. The van der Waals surface area contributed by atoms with Crippen molar-refractivity contribution in [1.29, 1.82) is 0 Å². The maximum Gasteiger partial charge on any atom is 0.451 e. The molecule has 9 nitrogen and oxygen atoms in total. The van der Waals surface area contributed by atoms with Crippen LogP contribution in [0.2, 0.25) is 0 Å². The average Bonchev–Trinajstić information content (AvgIpc) is 3.59. The first kappa shape index (κ1) is 23.9. The number of benzene rings is 2. The first-order valence-electron chi connectivity index (χ1n) is 12.3. The van der Waals surface area contributed by atoms with E-state index in [4.69, 9.17) is 19.2 Å². The summed E-state index contributed by atoms with van der Waals surface area (Å²) in [5.41, 5.74) is 3.03. The molecule has 0 saturated carbocycles. The Hall–Kier alpha value is -3.47. The number of carbonyl (C=O) groups is 2. The van der Waals surface area contributed by atoms with E-state index >= 15 is 0 Å². The molecule has 4 aromatic rings. The molecule has 0 amide bonds. The van der Waals surface area contributed by atoms with Gasteiger partial charge in [0.1, 0.15) is 5.75 Å². The molecular weight excluding hydrogens is 494 g/mol. The Labute approximate surface area is 217 Å². The molecule has 0 aliphatic carbocycles. The number of esters is 2. The molecule has 2 aromatic carbocycles. The number of β-amino-alcohol motifs (C(OH)–C–C–N with tert-alkyl or cyclic N) is 1. The predicted octanol–water partition coefficient (Wildman–Crippen LogP) is 3.85. The van der Waals surface area contributed by atoms with Crippen LogP contribution in [0.4, 0.5) is 0 Å². The number of rotatable bonds is 6. The van der Waals surface area contributed by atoms with Crippen molar-refractivity contribution >= 4 is 44.4 Å². The van der Waals surface area contributed by atoms with Crippen LogP contribution in [0.5, 0.6) is 5.75 Å². The molecule has 192 valence electrons. The number of aromatic amines is 1. The van der Waals surface area contributed by atoms with Crippen LogP contribution in [0.1, 0.15) is 36.3 Å². The highest BCUT2D eigenvalue weighted by Gasteiger charge is 2.58. The number of fused-ring (bicyclic) bond motifs is 2. The van der Waals surface area contributed by atoms with E-state index in [9.17, 15) is 14.7 Å². The van der Waals surface area contributed by atoms with Crippen LogP contribution >= 0.6 is 11.3 Å². The fourth-order valence-corrected chi connectivity index (χ4v) is 6.43. The molecular formula is C27H27N3O6S. The number of cyclic esters (lactones) is 2. The van der Waals surface area contributed by atoms with Crippen LogP contribution in [-0.4, -0.2) is 63.1 Å². The molecule has 0 spiro atoms. The van der Waals surface area contributed by atoms with Gasteiger partial charge in [0.15, 0.2) is 6.10 Å². The van der Waals surface area contributed by atoms with Crippen LogP contribution in [-0.2, 0) is 19.1 Å². The number of hydrogen-bond acceptors (Lipinski definition) is 9. The summed E-state index contributed by atoms with van der Waals surface area (Å²) in [6, 6.07) is 13.4. The number of likely N-dealkylation sites (tertiary alicyclic amines) is 1. The average molecular weight is 522 g/mol. The molecule has 2 N–H and O–H groups in total. The molecule has 37 heavy (non-hydrogen) atoms. The molecule has 0 radical (unpaired) electrons. The summed E-state index contributed by atoms with van der Waals surface area (Å²) < 4.78 is 17.6. The number of nitrogens with one attached hydrogen (secondary N) is 1. The molecule has 2 aliphatic heterocycles. The number of nitrogens with zero attached hydrogens (tertiary/aromatic N) is 2. The summed E-state index contributed by atoms with van der Waals surface area (Å²) in [5.74, 6) is -4.02. The van der Waals surface area contributed by atoms with E-state index in [1.165, 1.54) is 10.3 Å². The molecule has 4 heterocycles. The quantitative estimate of drug-likeness (QED) is 0.291. The number of aryl methyl sites for hydroxylation is 1. The SMILES string of the molecule is Cc1cccc2sc([C@H]3CCN(C[C@H](O)C4(Oc5cccc6[nH]ccc56)OC(=O)C(=O)O4)[C@@H](C)C3)nc12. The first-order chi connectivity index (χ1) is 17.8. The topological polar surface area (TPSA) is 114 Å². The van der Waals surface area contributed by atoms with E-state index in [0.717, 1.165) is 28.9 Å². The second-order valence-electron chi connectivity index (χ2n) is 9.73. The minimum Gasteiger partial charge on any atom is -0.418 e. The number of ether oxygens (including phenoxy) is 3. The Morgan fingerprint density at radius 3 is 2.76 bits per heavy atom. The largest absolute Gasteiger partial charge is 0.451 e. The molecule has 0 bridgehead atoms. The van der Waals surface area contributed by atoms with Crippen molar-refractivity contribution < 1.29 is 28.9 Å². The molecule has 2 fully saturated rings. The molecule has 6 rings (SSSR count). The smallest absolute Gasteiger partial charge is 0.418 e. The highest BCUT2D eigenvalue weighted by molar-refractivity contribution is 7.18. The third-order valence-electron chi connectivity index (χ3n) is 7.26. The number of hydrogen-bond donors (Lipinski definition) is 2. The Balaban J connectivity index is 1.19. The van der Waals surface area contributed by atoms with Crippen LogP contribution in [0.3, 0.4) is 0 Å². The third-order valence-corrected chi connectivity index (χ3v) is 8.44. The van der Waals surface area contributed by atoms with Crippen molar-refractivity contribution in [3.63, 3.8) is 0 Å². The van der Waals surface area contributed by atoms with Gasteiger partial charge < -0.3 is 24.3 Å². The summed E-state index contributed by atoms with van der Waals surface area (Å²) in [7, 11) is 0. The van der Waals surface area contributed by atoms with Crippen molar-refractivity contribution in [2.75, 3.05) is 13.1 Å². The lowest BCUT2D eigenvalue weighted by molar-refractivity contribution is -0.319. The number of aliphatic hydroxyl groups is 1. The molecule has 10 heteroatoms. The molecule has 0 unspecified atom stereocenters. The minimum absolute atomic E-state index is 0.0938. The zero-order valence-corrected chi connectivity index (χ0v) is 21.3. The van der Waals surface area contributed by atoms with Crippen molar-refractivity contribution in [3.8, 4) is 5.75 Å². The van der Waals surface area contributed by atoms with Crippen molar-refractivity contribution in [1.82, 2.24) is 14.9 Å². The highest BCUT2D eigenvalue weighted by Crippen LogP contribution is 2.38. The van der Waals surface area contributed by atoms with E-state index < -0.39 is 24.0 Å². The van der Waals surface area contributed by atoms with Gasteiger partial charge in [-0.2, -0.15) is 0 Å². The molecule has 2 saturated heterocycles. The fourth-order valence-electron chi connectivity index (χ4n) is 5.24. The molecule has 2 aromatic heterocycles. The zero-order chi connectivity index (χ0) is 25.7. The number of aromatic nitrogens is 2. The zero-order valence-electron chi connectivity index (χ0n) is 20.5. The Morgan fingerprint density at radius 1 is 1.22 bits per heavy atom. The van der Waals surface area contributed by atoms with E-state index in [1.54, 1.807) is 35.7 Å². The van der Waals surface area contributed by atoms with Gasteiger partial charge in [0.05, 0.1) is 15.2 Å². The van der Waals surface area contributed by atoms with E-state index in [1.807, 2.05) is 6.07 Å². The van der Waals surface area contributed by atoms with Crippen LogP contribution < -0.4 is 4.74 Å². The monoisotopic (exact) mass is 521 g/mol. The predicted molar refractivity (Wildman–Crippen MR) is 137 cm³/mol. The number of thiazole rings is 1. The van der Waals surface area contributed by atoms with Crippen molar-refractivity contribution in [3.05, 3.63) is 59.2 Å². The van der Waals surface area contributed by atoms with Crippen LogP contribution in [0.15, 0.2) is 48.7 Å². The standard InChI is InChI=1S/C27H27N3O6S/c1-15-5-3-8-21-23(15)29-24(37-21)17-10-12-30(16(2)13-17)14-22(31)27(35-25(32)26(33)36-27)34-20-7-4-6-19-18(20)9-11-28-19/h3-9,11,16-17,22,28,31H,10,12-14H2,1-2H3/t16-,17-,22-/m0/s1. The number of piperidine rings is 1. The van der Waals surface area contributed by atoms with Gasteiger partial charge in [0.25, 0.3) is 0 Å². The van der Waals surface area contributed by atoms with E-state index in [2.05, 4.69) is 41.9 Å². The van der Waals surface area contributed by atoms with Gasteiger partial charge >= 0.3 is 17.9 Å². The summed E-state index contributed by atoms with van der Waals surface area (Å²) >= 11 is 1.74. The third kappa shape index (κ3) is 4.24. The lowest BCUT2D eigenvalue weighted by atomic mass is 9.91. The lowest BCUT2D eigenvalue weighted by Crippen LogP contribution is -2.56. The van der Waals surface area contributed by atoms with Crippen molar-refractivity contribution in [2.24, 2.45) is 0 Å². The lowest BCUT2D eigenvalue weighted by Gasteiger charge is -2.40. The normalized spacial score (nSPS) is 22.8. The summed E-state index contributed by atoms with van der Waals surface area (Å²) in [4.78, 5) is 34.2. The summed E-state index contributed by atoms with van der Waals surface area (Å²) in [6.45, 7) is 4.97. The maximum atomic E-state index is 12.0. The number of carbonyl (C=O) groups excluding carboxylic acids is 2. The number of aliphatic hydroxyl groups excluding tert-OH is 1. The van der Waals surface area contributed by atoms with E-state index in [0.29, 0.717) is 23.6 Å². The Kier molecular flexibility index (Phi) is 5.89. The highest BCUT2D eigenvalue weighted by atomic mass is 32.1. The van der Waals surface area contributed by atoms with Crippen LogP contribution in [0.25, 0.3) is 21.1 Å². The molecule has 2 aliphatic rings.